The van der Waals surface area contributed by atoms with Crippen molar-refractivity contribution in [3.63, 3.8) is 0 Å². The van der Waals surface area contributed by atoms with Gasteiger partial charge >= 0.3 is 0 Å². The predicted octanol–water partition coefficient (Wildman–Crippen LogP) is 2.50. The van der Waals surface area contributed by atoms with E-state index in [1.807, 2.05) is 12.3 Å². The Morgan fingerprint density at radius 1 is 1.27 bits per heavy atom. The van der Waals surface area contributed by atoms with Gasteiger partial charge in [-0.05, 0) is 30.5 Å². The van der Waals surface area contributed by atoms with Crippen molar-refractivity contribution in [2.24, 2.45) is 0 Å². The zero-order valence-corrected chi connectivity index (χ0v) is 15.5. The number of aliphatic hydroxyl groups excluding tert-OH is 1. The smallest absolute Gasteiger partial charge is 0.189 e. The van der Waals surface area contributed by atoms with Gasteiger partial charge in [0.2, 0.25) is 0 Å². The van der Waals surface area contributed by atoms with Gasteiger partial charge in [-0.2, -0.15) is 0 Å². The van der Waals surface area contributed by atoms with Gasteiger partial charge in [0.15, 0.2) is 11.3 Å². The molecule has 2 aromatic rings. The van der Waals surface area contributed by atoms with E-state index in [1.165, 1.54) is 11.8 Å². The molecule has 4 rings (SSSR count). The molecule has 9 heteroatoms. The van der Waals surface area contributed by atoms with Crippen LogP contribution >= 0.6 is 23.4 Å². The summed E-state index contributed by atoms with van der Waals surface area (Å²) in [5.41, 5.74) is 0.793. The summed E-state index contributed by atoms with van der Waals surface area (Å²) in [6, 6.07) is 7.21. The van der Waals surface area contributed by atoms with Crippen LogP contribution in [-0.2, 0) is 9.47 Å². The number of aliphatic hydroxyl groups is 1. The van der Waals surface area contributed by atoms with E-state index in [9.17, 15) is 5.11 Å². The lowest BCUT2D eigenvalue weighted by Gasteiger charge is -2.19. The number of thioether (sulfide) groups is 1. The molecule has 4 atom stereocenters. The summed E-state index contributed by atoms with van der Waals surface area (Å²) in [5, 5.41) is 14.2. The second kappa shape index (κ2) is 7.58. The Hall–Kier alpha value is -1.58. The van der Waals surface area contributed by atoms with Crippen LogP contribution in [0, 0.1) is 0 Å². The third-order valence-corrected chi connectivity index (χ3v) is 5.14. The highest BCUT2D eigenvalue weighted by Crippen LogP contribution is 2.34. The number of hydrogen-bond acceptors (Lipinski definition) is 8. The fourth-order valence-electron chi connectivity index (χ4n) is 3.04. The topological polar surface area (TPSA) is 85.7 Å². The first kappa shape index (κ1) is 17.8. The largest absolute Gasteiger partial charge is 0.484 e. The minimum atomic E-state index is -0.602. The molecule has 2 fully saturated rings. The van der Waals surface area contributed by atoms with Crippen LogP contribution in [0.5, 0.6) is 5.75 Å². The predicted molar refractivity (Wildman–Crippen MR) is 98.5 cm³/mol. The first-order chi connectivity index (χ1) is 12.6. The summed E-state index contributed by atoms with van der Waals surface area (Å²) in [5.74, 6) is 1.23. The van der Waals surface area contributed by atoms with Crippen LogP contribution in [0.3, 0.4) is 0 Å². The molecule has 0 spiro atoms. The highest BCUT2D eigenvalue weighted by Gasteiger charge is 2.48. The molecule has 1 aromatic carbocycles. The van der Waals surface area contributed by atoms with E-state index in [0.29, 0.717) is 28.4 Å². The van der Waals surface area contributed by atoms with E-state index < -0.39 is 6.10 Å². The molecular formula is C17H18ClN3O4S. The van der Waals surface area contributed by atoms with Crippen molar-refractivity contribution in [3.05, 3.63) is 35.5 Å². The summed E-state index contributed by atoms with van der Waals surface area (Å²) in [7, 11) is 0. The molecule has 4 unspecified atom stereocenters. The van der Waals surface area contributed by atoms with Gasteiger partial charge in [0.05, 0.1) is 18.2 Å². The highest BCUT2D eigenvalue weighted by atomic mass is 35.5. The minimum Gasteiger partial charge on any atom is -0.484 e. The second-order valence-corrected chi connectivity index (χ2v) is 7.20. The Bertz CT molecular complexity index is 796. The third kappa shape index (κ3) is 3.60. The van der Waals surface area contributed by atoms with Gasteiger partial charge in [0.25, 0.3) is 0 Å². The van der Waals surface area contributed by atoms with Crippen LogP contribution in [0.2, 0.25) is 5.02 Å². The highest BCUT2D eigenvalue weighted by molar-refractivity contribution is 7.98. The maximum absolute atomic E-state index is 9.80. The maximum atomic E-state index is 9.80. The van der Waals surface area contributed by atoms with Crippen molar-refractivity contribution < 1.29 is 19.3 Å². The number of aromatic nitrogens is 2. The lowest BCUT2D eigenvalue weighted by molar-refractivity contribution is 0.00865. The molecule has 3 heterocycles. The number of halogens is 1. The molecule has 0 bridgehead atoms. The standard InChI is InChI=1S/C17H18ClN3O4S/c1-26-17-19-5-4-14(21-17)20-9-2-3-12(10(18)6-9)25-13-8-24-15-11(22)7-23-16(13)15/h2-6,11,13,15-16,22H,7-8H2,1H3,(H,19,20,21). The Morgan fingerprint density at radius 3 is 2.92 bits per heavy atom. The van der Waals surface area contributed by atoms with Crippen LogP contribution < -0.4 is 10.1 Å². The van der Waals surface area contributed by atoms with E-state index in [-0.39, 0.29) is 24.9 Å². The molecule has 0 radical (unpaired) electrons. The van der Waals surface area contributed by atoms with Gasteiger partial charge in [-0.3, -0.25) is 0 Å². The van der Waals surface area contributed by atoms with E-state index in [4.69, 9.17) is 25.8 Å². The third-order valence-electron chi connectivity index (χ3n) is 4.28. The number of nitrogens with one attached hydrogen (secondary N) is 1. The van der Waals surface area contributed by atoms with Gasteiger partial charge < -0.3 is 24.6 Å². The Kier molecular flexibility index (Phi) is 5.19. The maximum Gasteiger partial charge on any atom is 0.189 e. The average Bonchev–Trinajstić information content (AvgIpc) is 3.21. The lowest BCUT2D eigenvalue weighted by Crippen LogP contribution is -2.34. The Morgan fingerprint density at radius 2 is 2.12 bits per heavy atom. The molecule has 138 valence electrons. The molecular weight excluding hydrogens is 378 g/mol. The van der Waals surface area contributed by atoms with Crippen molar-refractivity contribution in [2.45, 2.75) is 29.6 Å². The first-order valence-electron chi connectivity index (χ1n) is 8.15. The van der Waals surface area contributed by atoms with E-state index in [1.54, 1.807) is 24.4 Å². The summed E-state index contributed by atoms with van der Waals surface area (Å²) >= 11 is 7.85. The molecule has 2 saturated heterocycles. The molecule has 2 N–H and O–H groups in total. The fraction of sp³-hybridized carbons (Fsp3) is 0.412. The Balaban J connectivity index is 1.44. The number of hydrogen-bond donors (Lipinski definition) is 2. The lowest BCUT2D eigenvalue weighted by atomic mass is 10.1. The van der Waals surface area contributed by atoms with Crippen LogP contribution in [0.4, 0.5) is 11.5 Å². The number of rotatable bonds is 5. The molecule has 7 nitrogen and oxygen atoms in total. The quantitative estimate of drug-likeness (QED) is 0.590. The van der Waals surface area contributed by atoms with Crippen molar-refractivity contribution in [1.82, 2.24) is 9.97 Å². The summed E-state index contributed by atoms with van der Waals surface area (Å²) in [4.78, 5) is 8.52. The monoisotopic (exact) mass is 395 g/mol. The summed E-state index contributed by atoms with van der Waals surface area (Å²) in [6.45, 7) is 0.629. The first-order valence-corrected chi connectivity index (χ1v) is 9.76. The van der Waals surface area contributed by atoms with Gasteiger partial charge in [0.1, 0.15) is 29.9 Å². The minimum absolute atomic E-state index is 0.267. The molecule has 2 aliphatic heterocycles. The SMILES string of the molecule is CSc1nccc(Nc2ccc(OC3COC4C(O)COC34)c(Cl)c2)n1. The normalized spacial score (nSPS) is 27.3. The summed E-state index contributed by atoms with van der Waals surface area (Å²) < 4.78 is 17.1. The van der Waals surface area contributed by atoms with E-state index in [2.05, 4.69) is 15.3 Å². The van der Waals surface area contributed by atoms with Crippen LogP contribution in [0.15, 0.2) is 35.6 Å². The Labute approximate surface area is 160 Å². The number of nitrogens with zero attached hydrogens (tertiary/aromatic N) is 2. The number of ether oxygens (including phenoxy) is 3. The fourth-order valence-corrected chi connectivity index (χ4v) is 3.62. The van der Waals surface area contributed by atoms with Gasteiger partial charge in [-0.15, -0.1) is 0 Å². The molecule has 0 amide bonds. The van der Waals surface area contributed by atoms with E-state index in [0.717, 1.165) is 5.69 Å². The second-order valence-electron chi connectivity index (χ2n) is 6.02. The zero-order valence-electron chi connectivity index (χ0n) is 14.0. The van der Waals surface area contributed by atoms with Crippen LogP contribution in [0.1, 0.15) is 0 Å². The van der Waals surface area contributed by atoms with Crippen LogP contribution in [-0.4, -0.2) is 59.0 Å². The van der Waals surface area contributed by atoms with E-state index >= 15 is 0 Å². The average molecular weight is 396 g/mol. The van der Waals surface area contributed by atoms with Gasteiger partial charge in [-0.25, -0.2) is 9.97 Å². The number of anilines is 2. The molecule has 2 aliphatic rings. The van der Waals surface area contributed by atoms with Gasteiger partial charge in [0, 0.05) is 11.9 Å². The van der Waals surface area contributed by atoms with Crippen molar-refractivity contribution in [3.8, 4) is 5.75 Å². The van der Waals surface area contributed by atoms with Crippen molar-refractivity contribution in [1.29, 1.82) is 0 Å². The molecule has 0 aliphatic carbocycles. The van der Waals surface area contributed by atoms with Gasteiger partial charge in [-0.1, -0.05) is 23.4 Å². The van der Waals surface area contributed by atoms with Crippen LogP contribution in [0.25, 0.3) is 0 Å². The zero-order chi connectivity index (χ0) is 18.1. The van der Waals surface area contributed by atoms with Crippen molar-refractivity contribution >= 4 is 34.9 Å². The molecule has 1 aromatic heterocycles. The summed E-state index contributed by atoms with van der Waals surface area (Å²) in [6.07, 6.45) is 2.13. The number of benzene rings is 1. The van der Waals surface area contributed by atoms with Crippen molar-refractivity contribution in [2.75, 3.05) is 24.8 Å². The molecule has 26 heavy (non-hydrogen) atoms. The molecule has 0 saturated carbocycles. The number of fused-ring (bicyclic) bond motifs is 1.